The van der Waals surface area contributed by atoms with Crippen molar-refractivity contribution in [3.8, 4) is 0 Å². The van der Waals surface area contributed by atoms with Crippen molar-refractivity contribution in [2.24, 2.45) is 0 Å². The van der Waals surface area contributed by atoms with Gasteiger partial charge < -0.3 is 5.32 Å². The Morgan fingerprint density at radius 3 is 2.36 bits per heavy atom. The number of halogens is 6. The average Bonchev–Trinajstić information content (AvgIpc) is 3.01. The summed E-state index contributed by atoms with van der Waals surface area (Å²) in [5, 5.41) is 5.33. The van der Waals surface area contributed by atoms with Crippen LogP contribution in [0.4, 0.5) is 13.2 Å². The molecule has 0 spiro atoms. The number of benzene rings is 1. The summed E-state index contributed by atoms with van der Waals surface area (Å²) in [6.45, 7) is 3.23. The van der Waals surface area contributed by atoms with E-state index >= 15 is 0 Å². The first-order valence-corrected chi connectivity index (χ1v) is 8.57. The summed E-state index contributed by atoms with van der Waals surface area (Å²) >= 11 is 7.53. The Bertz CT molecular complexity index is 659. The highest BCUT2D eigenvalue weighted by molar-refractivity contribution is 7.10. The lowest BCUT2D eigenvalue weighted by Gasteiger charge is -2.35. The van der Waals surface area contributed by atoms with Gasteiger partial charge in [-0.1, -0.05) is 17.7 Å². The van der Waals surface area contributed by atoms with Gasteiger partial charge in [-0.15, -0.1) is 36.2 Å². The van der Waals surface area contributed by atoms with Gasteiger partial charge in [0.05, 0.1) is 11.6 Å². The Kier molecular flexibility index (Phi) is 8.51. The summed E-state index contributed by atoms with van der Waals surface area (Å²) in [5.41, 5.74) is -0.106. The van der Waals surface area contributed by atoms with Crippen molar-refractivity contribution in [2.45, 2.75) is 12.2 Å². The second-order valence-electron chi connectivity index (χ2n) is 5.47. The maximum atomic E-state index is 13.1. The summed E-state index contributed by atoms with van der Waals surface area (Å²) in [7, 11) is 0. The Balaban J connectivity index is 0.00000156. The van der Waals surface area contributed by atoms with Gasteiger partial charge in [0.1, 0.15) is 0 Å². The molecule has 2 heterocycles. The number of hydrogen-bond donors (Lipinski definition) is 1. The molecule has 1 fully saturated rings. The second kappa shape index (κ2) is 9.44. The van der Waals surface area contributed by atoms with Gasteiger partial charge in [-0.05, 0) is 35.2 Å². The minimum absolute atomic E-state index is 0. The lowest BCUT2D eigenvalue weighted by atomic mass is 10.00. The molecule has 0 bridgehead atoms. The van der Waals surface area contributed by atoms with Gasteiger partial charge in [-0.2, -0.15) is 13.2 Å². The van der Waals surface area contributed by atoms with E-state index in [0.717, 1.165) is 37.1 Å². The maximum Gasteiger partial charge on any atom is 0.416 e. The summed E-state index contributed by atoms with van der Waals surface area (Å²) in [6.07, 6.45) is -4.40. The van der Waals surface area contributed by atoms with Gasteiger partial charge in [0.2, 0.25) is 0 Å². The smallest absolute Gasteiger partial charge is 0.314 e. The van der Waals surface area contributed by atoms with Crippen LogP contribution in [0.3, 0.4) is 0 Å². The Morgan fingerprint density at radius 1 is 1.12 bits per heavy atom. The van der Waals surface area contributed by atoms with E-state index in [1.165, 1.54) is 6.07 Å². The van der Waals surface area contributed by atoms with Crippen LogP contribution < -0.4 is 5.32 Å². The van der Waals surface area contributed by atoms with Crippen LogP contribution in [0, 0.1) is 0 Å². The molecule has 0 amide bonds. The monoisotopic (exact) mass is 432 g/mol. The zero-order valence-corrected chi connectivity index (χ0v) is 16.3. The van der Waals surface area contributed by atoms with E-state index in [2.05, 4.69) is 10.2 Å². The predicted octanol–water partition coefficient (Wildman–Crippen LogP) is 5.26. The van der Waals surface area contributed by atoms with Gasteiger partial charge in [0, 0.05) is 36.1 Å². The van der Waals surface area contributed by atoms with Gasteiger partial charge in [-0.3, -0.25) is 4.90 Å². The maximum absolute atomic E-state index is 13.1. The molecule has 1 atom stereocenters. The number of alkyl halides is 3. The molecule has 1 N–H and O–H groups in total. The van der Waals surface area contributed by atoms with Crippen molar-refractivity contribution in [1.82, 2.24) is 10.2 Å². The van der Waals surface area contributed by atoms with Crippen molar-refractivity contribution >= 4 is 47.8 Å². The van der Waals surface area contributed by atoms with E-state index in [-0.39, 0.29) is 35.9 Å². The Hall–Kier alpha value is -0.500. The fraction of sp³-hybridized carbons (Fsp3) is 0.375. The van der Waals surface area contributed by atoms with Crippen LogP contribution in [0.15, 0.2) is 35.7 Å². The topological polar surface area (TPSA) is 15.3 Å². The molecule has 2 nitrogen and oxygen atoms in total. The van der Waals surface area contributed by atoms with E-state index in [1.807, 2.05) is 17.5 Å². The van der Waals surface area contributed by atoms with Gasteiger partial charge in [0.15, 0.2) is 0 Å². The molecular formula is C16H18Cl3F3N2S. The molecule has 3 rings (SSSR count). The van der Waals surface area contributed by atoms with Crippen molar-refractivity contribution in [1.29, 1.82) is 0 Å². The molecule has 1 aliphatic rings. The molecule has 0 unspecified atom stereocenters. The predicted molar refractivity (Wildman–Crippen MR) is 102 cm³/mol. The van der Waals surface area contributed by atoms with Gasteiger partial charge in [-0.25, -0.2) is 0 Å². The minimum atomic E-state index is -4.40. The number of rotatable bonds is 3. The van der Waals surface area contributed by atoms with Crippen LogP contribution in [0.2, 0.25) is 5.02 Å². The van der Waals surface area contributed by atoms with Crippen LogP contribution in [0.5, 0.6) is 0 Å². The molecule has 1 saturated heterocycles. The van der Waals surface area contributed by atoms with Crippen LogP contribution in [-0.4, -0.2) is 31.1 Å². The molecule has 25 heavy (non-hydrogen) atoms. The highest BCUT2D eigenvalue weighted by Crippen LogP contribution is 2.37. The zero-order valence-electron chi connectivity index (χ0n) is 13.1. The highest BCUT2D eigenvalue weighted by Gasteiger charge is 2.33. The fourth-order valence-corrected chi connectivity index (χ4v) is 4.01. The van der Waals surface area contributed by atoms with Crippen molar-refractivity contribution < 1.29 is 13.2 Å². The zero-order chi connectivity index (χ0) is 16.4. The van der Waals surface area contributed by atoms with Crippen molar-refractivity contribution in [2.75, 3.05) is 26.2 Å². The van der Waals surface area contributed by atoms with Crippen LogP contribution in [-0.2, 0) is 6.18 Å². The summed E-state index contributed by atoms with van der Waals surface area (Å²) in [5.74, 6) is 0. The standard InChI is InChI=1S/C16H16ClF3N2S.2ClH/c17-13-9-11(8-12(10-13)16(18,19)20)15(14-2-1-7-23-14)22-5-3-21-4-6-22;;/h1-2,7-10,15,21H,3-6H2;2*1H/t15-;;/m1../s1. The summed E-state index contributed by atoms with van der Waals surface area (Å²) in [6, 6.07) is 7.53. The molecule has 1 aliphatic heterocycles. The van der Waals surface area contributed by atoms with Crippen LogP contribution >= 0.6 is 47.8 Å². The van der Waals surface area contributed by atoms with Crippen LogP contribution in [0.25, 0.3) is 0 Å². The number of piperazine rings is 1. The van der Waals surface area contributed by atoms with Gasteiger partial charge >= 0.3 is 6.18 Å². The fourth-order valence-electron chi connectivity index (χ4n) is 2.88. The van der Waals surface area contributed by atoms with E-state index in [4.69, 9.17) is 11.6 Å². The third kappa shape index (κ3) is 5.49. The quantitative estimate of drug-likeness (QED) is 0.710. The molecular weight excluding hydrogens is 416 g/mol. The normalized spacial score (nSPS) is 16.6. The average molecular weight is 434 g/mol. The molecule has 0 radical (unpaired) electrons. The van der Waals surface area contributed by atoms with E-state index in [9.17, 15) is 13.2 Å². The molecule has 1 aromatic carbocycles. The summed E-state index contributed by atoms with van der Waals surface area (Å²) < 4.78 is 39.3. The second-order valence-corrected chi connectivity index (χ2v) is 6.89. The van der Waals surface area contributed by atoms with E-state index < -0.39 is 11.7 Å². The molecule has 140 valence electrons. The molecule has 9 heteroatoms. The third-order valence-electron chi connectivity index (χ3n) is 3.89. The molecule has 0 saturated carbocycles. The van der Waals surface area contributed by atoms with Crippen molar-refractivity contribution in [3.05, 3.63) is 56.7 Å². The first-order valence-electron chi connectivity index (χ1n) is 7.31. The number of nitrogens with one attached hydrogen (secondary N) is 1. The molecule has 1 aromatic heterocycles. The molecule has 0 aliphatic carbocycles. The highest BCUT2D eigenvalue weighted by atomic mass is 35.5. The van der Waals surface area contributed by atoms with E-state index in [1.54, 1.807) is 17.4 Å². The summed E-state index contributed by atoms with van der Waals surface area (Å²) in [4.78, 5) is 3.23. The van der Waals surface area contributed by atoms with Crippen LogP contribution in [0.1, 0.15) is 22.0 Å². The third-order valence-corrected chi connectivity index (χ3v) is 5.04. The number of hydrogen-bond acceptors (Lipinski definition) is 3. The number of nitrogens with zero attached hydrogens (tertiary/aromatic N) is 1. The Labute approximate surface area is 166 Å². The first-order chi connectivity index (χ1) is 10.9. The van der Waals surface area contributed by atoms with Crippen molar-refractivity contribution in [3.63, 3.8) is 0 Å². The minimum Gasteiger partial charge on any atom is -0.314 e. The number of thiophene rings is 1. The Morgan fingerprint density at radius 2 is 1.80 bits per heavy atom. The van der Waals surface area contributed by atoms with E-state index in [0.29, 0.717) is 5.56 Å². The SMILES string of the molecule is Cl.Cl.FC(F)(F)c1cc(Cl)cc([C@H](c2cccs2)N2CCNCC2)c1. The first kappa shape index (κ1) is 22.5. The van der Waals surface area contributed by atoms with Gasteiger partial charge in [0.25, 0.3) is 0 Å². The lowest BCUT2D eigenvalue weighted by Crippen LogP contribution is -2.45. The largest absolute Gasteiger partial charge is 0.416 e. The molecule has 2 aromatic rings. The lowest BCUT2D eigenvalue weighted by molar-refractivity contribution is -0.137.